The molecule has 0 fully saturated rings. The smallest absolute Gasteiger partial charge is 0.143 e. The Morgan fingerprint density at radius 2 is 0.826 bits per heavy atom. The molecule has 0 saturated carbocycles. The molecule has 3 heteroatoms. The van der Waals surface area contributed by atoms with Crippen LogP contribution in [0, 0.1) is 0 Å². The Labute approximate surface area is 399 Å². The monoisotopic (exact) mass is 878 g/mol. The molecule has 0 amide bonds. The average Bonchev–Trinajstić information content (AvgIpc) is 3.97. The van der Waals surface area contributed by atoms with Crippen molar-refractivity contribution in [1.29, 1.82) is 0 Å². The lowest BCUT2D eigenvalue weighted by Gasteiger charge is -2.28. The molecule has 322 valence electrons. The molecule has 0 atom stereocenters. The first kappa shape index (κ1) is 39.0. The summed E-state index contributed by atoms with van der Waals surface area (Å²) >= 11 is 0. The van der Waals surface area contributed by atoms with Crippen LogP contribution in [-0.4, -0.2) is 4.57 Å². The van der Waals surface area contributed by atoms with Crippen LogP contribution in [0.3, 0.4) is 0 Å². The largest absolute Gasteiger partial charge is 0.455 e. The summed E-state index contributed by atoms with van der Waals surface area (Å²) in [6, 6.07) is 92.6. The van der Waals surface area contributed by atoms with Gasteiger partial charge in [0.2, 0.25) is 0 Å². The lowest BCUT2D eigenvalue weighted by Crippen LogP contribution is -2.11. The van der Waals surface area contributed by atoms with Crippen molar-refractivity contribution in [1.82, 2.24) is 4.57 Å². The Bertz CT molecular complexity index is 4260. The molecule has 14 aromatic rings. The van der Waals surface area contributed by atoms with Crippen molar-refractivity contribution in [2.45, 2.75) is 0 Å². The summed E-state index contributed by atoms with van der Waals surface area (Å²) in [4.78, 5) is 2.40. The highest BCUT2D eigenvalue weighted by Crippen LogP contribution is 2.44. The minimum absolute atomic E-state index is 0.884. The third-order valence-electron chi connectivity index (χ3n) is 14.2. The second-order valence-corrected chi connectivity index (χ2v) is 18.1. The zero-order valence-corrected chi connectivity index (χ0v) is 37.6. The molecule has 0 radical (unpaired) electrons. The molecule has 2 heterocycles. The molecule has 14 rings (SSSR count). The van der Waals surface area contributed by atoms with Gasteiger partial charge in [-0.2, -0.15) is 0 Å². The normalized spacial score (nSPS) is 11.8. The summed E-state index contributed by atoms with van der Waals surface area (Å²) < 4.78 is 8.95. The number of rotatable bonds is 7. The lowest BCUT2D eigenvalue weighted by atomic mass is 9.96. The van der Waals surface area contributed by atoms with E-state index in [-0.39, 0.29) is 0 Å². The van der Waals surface area contributed by atoms with Crippen molar-refractivity contribution in [2.24, 2.45) is 0 Å². The molecule has 0 aliphatic rings. The van der Waals surface area contributed by atoms with E-state index < -0.39 is 0 Å². The highest BCUT2D eigenvalue weighted by Gasteiger charge is 2.20. The average molecular weight is 879 g/mol. The molecule has 0 aliphatic carbocycles. The van der Waals surface area contributed by atoms with Gasteiger partial charge in [0, 0.05) is 49.6 Å². The predicted octanol–water partition coefficient (Wildman–Crippen LogP) is 18.6. The summed E-state index contributed by atoms with van der Waals surface area (Å²) in [5.41, 5.74) is 15.5. The lowest BCUT2D eigenvalue weighted by molar-refractivity contribution is 0.672. The van der Waals surface area contributed by atoms with Crippen molar-refractivity contribution in [3.63, 3.8) is 0 Å². The number of furan rings is 1. The molecule has 0 N–H and O–H groups in total. The van der Waals surface area contributed by atoms with Gasteiger partial charge in [-0.25, -0.2) is 0 Å². The van der Waals surface area contributed by atoms with Crippen LogP contribution < -0.4 is 4.90 Å². The standard InChI is InChI=1S/C66H42N2O/c1-3-16-54-45(12-1)24-25-47-26-27-49(41-60(47)54)44-30-36-52(37-31-44)67(62-21-8-5-17-55(62)50-33-39-65-61(42-50)59-38-32-46-13-2-4-18-56(46)66(59)69-65)51-34-28-43(29-35-51)48-14-11-15-53(40-48)68-63-22-9-6-19-57(63)58-20-7-10-23-64(58)68/h1-42H. The summed E-state index contributed by atoms with van der Waals surface area (Å²) in [5, 5.41) is 12.1. The van der Waals surface area contributed by atoms with Crippen molar-refractivity contribution in [3.8, 4) is 39.1 Å². The highest BCUT2D eigenvalue weighted by atomic mass is 16.3. The molecule has 12 aromatic carbocycles. The first-order valence-corrected chi connectivity index (χ1v) is 23.6. The molecular formula is C66H42N2O. The Balaban J connectivity index is 0.888. The van der Waals surface area contributed by atoms with E-state index in [1.54, 1.807) is 0 Å². The molecule has 0 aliphatic heterocycles. The molecule has 0 spiro atoms. The van der Waals surface area contributed by atoms with Crippen LogP contribution in [0.15, 0.2) is 259 Å². The minimum atomic E-state index is 0.884. The van der Waals surface area contributed by atoms with Crippen molar-refractivity contribution in [2.75, 3.05) is 4.90 Å². The van der Waals surface area contributed by atoms with E-state index in [1.165, 1.54) is 59.9 Å². The maximum Gasteiger partial charge on any atom is 0.143 e. The fourth-order valence-electron chi connectivity index (χ4n) is 10.8. The van der Waals surface area contributed by atoms with Crippen molar-refractivity contribution >= 4 is 93.1 Å². The van der Waals surface area contributed by atoms with Gasteiger partial charge in [0.05, 0.1) is 16.7 Å². The number of hydrogen-bond acceptors (Lipinski definition) is 2. The van der Waals surface area contributed by atoms with Crippen LogP contribution in [0.2, 0.25) is 0 Å². The van der Waals surface area contributed by atoms with Gasteiger partial charge in [-0.05, 0) is 134 Å². The van der Waals surface area contributed by atoms with E-state index in [4.69, 9.17) is 4.42 Å². The molecular weight excluding hydrogens is 837 g/mol. The van der Waals surface area contributed by atoms with E-state index in [1.807, 2.05) is 0 Å². The number of anilines is 3. The van der Waals surface area contributed by atoms with E-state index in [0.29, 0.717) is 0 Å². The fraction of sp³-hybridized carbons (Fsp3) is 0. The molecule has 69 heavy (non-hydrogen) atoms. The van der Waals surface area contributed by atoms with Gasteiger partial charge in [-0.1, -0.05) is 176 Å². The van der Waals surface area contributed by atoms with E-state index in [9.17, 15) is 0 Å². The summed E-state index contributed by atoms with van der Waals surface area (Å²) in [7, 11) is 0. The third kappa shape index (κ3) is 6.43. The summed E-state index contributed by atoms with van der Waals surface area (Å²) in [6.07, 6.45) is 0. The van der Waals surface area contributed by atoms with E-state index >= 15 is 0 Å². The second-order valence-electron chi connectivity index (χ2n) is 18.1. The van der Waals surface area contributed by atoms with Crippen LogP contribution in [0.4, 0.5) is 17.1 Å². The third-order valence-corrected chi connectivity index (χ3v) is 14.2. The fourth-order valence-corrected chi connectivity index (χ4v) is 10.8. The Morgan fingerprint density at radius 3 is 1.55 bits per heavy atom. The van der Waals surface area contributed by atoms with Crippen LogP contribution >= 0.6 is 0 Å². The van der Waals surface area contributed by atoms with Gasteiger partial charge in [0.15, 0.2) is 0 Å². The number of nitrogens with zero attached hydrogens (tertiary/aromatic N) is 2. The first-order chi connectivity index (χ1) is 34.2. The van der Waals surface area contributed by atoms with Gasteiger partial charge in [0.25, 0.3) is 0 Å². The molecule has 0 saturated heterocycles. The van der Waals surface area contributed by atoms with Gasteiger partial charge < -0.3 is 13.9 Å². The highest BCUT2D eigenvalue weighted by molar-refractivity contribution is 6.16. The number of aromatic nitrogens is 1. The predicted molar refractivity (Wildman–Crippen MR) is 292 cm³/mol. The SMILES string of the molecule is c1cc(-c2ccc(N(c3ccc(-c4ccc5ccc6ccccc6c5c4)cc3)c3ccccc3-c3ccc4oc5c6ccccc6ccc5c4c3)cc2)cc(-n2c3ccccc3c3ccccc32)c1. The number of hydrogen-bond donors (Lipinski definition) is 0. The topological polar surface area (TPSA) is 21.3 Å². The van der Waals surface area contributed by atoms with Gasteiger partial charge in [-0.3, -0.25) is 0 Å². The zero-order chi connectivity index (χ0) is 45.4. The molecule has 0 unspecified atom stereocenters. The molecule has 2 aromatic heterocycles. The zero-order valence-electron chi connectivity index (χ0n) is 37.6. The van der Waals surface area contributed by atoms with E-state index in [0.717, 1.165) is 72.3 Å². The molecule has 0 bridgehead atoms. The Morgan fingerprint density at radius 1 is 0.304 bits per heavy atom. The van der Waals surface area contributed by atoms with E-state index in [2.05, 4.69) is 264 Å². The Hall–Kier alpha value is -9.18. The Kier molecular flexibility index (Phi) is 8.90. The first-order valence-electron chi connectivity index (χ1n) is 23.6. The van der Waals surface area contributed by atoms with Gasteiger partial charge in [-0.15, -0.1) is 0 Å². The minimum Gasteiger partial charge on any atom is -0.455 e. The second kappa shape index (κ2) is 15.7. The summed E-state index contributed by atoms with van der Waals surface area (Å²) in [6.45, 7) is 0. The summed E-state index contributed by atoms with van der Waals surface area (Å²) in [5.74, 6) is 0. The van der Waals surface area contributed by atoms with Crippen molar-refractivity contribution in [3.05, 3.63) is 255 Å². The van der Waals surface area contributed by atoms with Crippen molar-refractivity contribution < 1.29 is 4.42 Å². The maximum absolute atomic E-state index is 6.57. The number of benzene rings is 12. The van der Waals surface area contributed by atoms with Gasteiger partial charge >= 0.3 is 0 Å². The van der Waals surface area contributed by atoms with Crippen LogP contribution in [0.25, 0.3) is 115 Å². The molecule has 3 nitrogen and oxygen atoms in total. The quantitative estimate of drug-likeness (QED) is 0.149. The van der Waals surface area contributed by atoms with Crippen LogP contribution in [0.5, 0.6) is 0 Å². The van der Waals surface area contributed by atoms with Crippen LogP contribution in [0.1, 0.15) is 0 Å². The number of para-hydroxylation sites is 3. The van der Waals surface area contributed by atoms with Crippen LogP contribution in [-0.2, 0) is 0 Å². The van der Waals surface area contributed by atoms with Gasteiger partial charge in [0.1, 0.15) is 11.2 Å². The number of fused-ring (bicyclic) bond motifs is 11. The maximum atomic E-state index is 6.57.